The quantitative estimate of drug-likeness (QED) is 0.248. The number of benzene rings is 1. The maximum absolute atomic E-state index is 13.1. The highest BCUT2D eigenvalue weighted by atomic mass is 32.1. The second-order valence-electron chi connectivity index (χ2n) is 7.05. The van der Waals surface area contributed by atoms with Gasteiger partial charge in [-0.15, -0.1) is 11.3 Å². The molecule has 2 N–H and O–H groups in total. The molecule has 7 nitrogen and oxygen atoms in total. The number of ether oxygens (including phenoxy) is 1. The van der Waals surface area contributed by atoms with Crippen LogP contribution in [-0.4, -0.2) is 24.1 Å². The van der Waals surface area contributed by atoms with Crippen LogP contribution in [0.1, 0.15) is 37.0 Å². The van der Waals surface area contributed by atoms with Gasteiger partial charge in [0, 0.05) is 33.8 Å². The van der Waals surface area contributed by atoms with Crippen molar-refractivity contribution in [3.8, 4) is 16.2 Å². The summed E-state index contributed by atoms with van der Waals surface area (Å²) < 4.78 is 10.4. The molecule has 0 spiro atoms. The molecular formula is C23H26N2O5S. The summed E-state index contributed by atoms with van der Waals surface area (Å²) in [6.45, 7) is 0.473. The summed E-state index contributed by atoms with van der Waals surface area (Å²) in [5.41, 5.74) is 3.45. The molecule has 0 saturated carbocycles. The summed E-state index contributed by atoms with van der Waals surface area (Å²) in [7, 11) is 1.61. The minimum atomic E-state index is -0.405. The lowest BCUT2D eigenvalue weighted by Crippen LogP contribution is -2.29. The van der Waals surface area contributed by atoms with E-state index in [1.165, 1.54) is 0 Å². The number of hydroxylamine groups is 1. The summed E-state index contributed by atoms with van der Waals surface area (Å²) in [6.07, 6.45) is 6.02. The van der Waals surface area contributed by atoms with Crippen molar-refractivity contribution >= 4 is 28.8 Å². The highest BCUT2D eigenvalue weighted by molar-refractivity contribution is 7.15. The van der Waals surface area contributed by atoms with Gasteiger partial charge in [-0.25, -0.2) is 5.48 Å². The Labute approximate surface area is 185 Å². The summed E-state index contributed by atoms with van der Waals surface area (Å²) in [6, 6.07) is 13.4. The Morgan fingerprint density at radius 3 is 2.52 bits per heavy atom. The van der Waals surface area contributed by atoms with Crippen LogP contribution < -0.4 is 15.1 Å². The summed E-state index contributed by atoms with van der Waals surface area (Å²) in [4.78, 5) is 28.1. The Morgan fingerprint density at radius 1 is 1.06 bits per heavy atom. The first-order valence-corrected chi connectivity index (χ1v) is 10.9. The molecule has 0 saturated heterocycles. The van der Waals surface area contributed by atoms with E-state index in [2.05, 4.69) is 0 Å². The third kappa shape index (κ3) is 6.44. The van der Waals surface area contributed by atoms with Crippen molar-refractivity contribution in [3.05, 3.63) is 59.9 Å². The van der Waals surface area contributed by atoms with Crippen LogP contribution >= 0.6 is 11.3 Å². The average Bonchev–Trinajstić information content (AvgIpc) is 3.49. The van der Waals surface area contributed by atoms with Crippen LogP contribution in [0.5, 0.6) is 5.75 Å². The van der Waals surface area contributed by atoms with Gasteiger partial charge >= 0.3 is 0 Å². The zero-order chi connectivity index (χ0) is 22.1. The molecule has 3 aromatic rings. The Hall–Kier alpha value is -3.10. The number of furan rings is 1. The molecule has 0 atom stereocenters. The molecule has 31 heavy (non-hydrogen) atoms. The van der Waals surface area contributed by atoms with Crippen molar-refractivity contribution in [1.29, 1.82) is 0 Å². The lowest BCUT2D eigenvalue weighted by Gasteiger charge is -2.23. The van der Waals surface area contributed by atoms with Gasteiger partial charge in [-0.1, -0.05) is 6.42 Å². The first-order chi connectivity index (χ1) is 15.1. The third-order valence-electron chi connectivity index (χ3n) is 4.89. The molecule has 0 radical (unpaired) electrons. The van der Waals surface area contributed by atoms with Gasteiger partial charge < -0.3 is 14.1 Å². The number of amides is 2. The van der Waals surface area contributed by atoms with Gasteiger partial charge in [-0.2, -0.15) is 0 Å². The minimum Gasteiger partial charge on any atom is -0.497 e. The Balaban J connectivity index is 1.67. The van der Waals surface area contributed by atoms with E-state index in [4.69, 9.17) is 14.4 Å². The number of hydrogen-bond donors (Lipinski definition) is 2. The van der Waals surface area contributed by atoms with E-state index in [1.807, 2.05) is 42.5 Å². The number of unbranched alkanes of at least 4 members (excludes halogenated alkanes) is 2. The van der Waals surface area contributed by atoms with Crippen LogP contribution in [0.4, 0.5) is 5.69 Å². The topological polar surface area (TPSA) is 92.0 Å². The number of thiophene rings is 1. The van der Waals surface area contributed by atoms with Gasteiger partial charge in [0.05, 0.1) is 26.2 Å². The van der Waals surface area contributed by atoms with Crippen LogP contribution in [0.15, 0.2) is 59.4 Å². The van der Waals surface area contributed by atoms with Gasteiger partial charge in [0.25, 0.3) is 0 Å². The number of nitrogens with one attached hydrogen (secondary N) is 1. The van der Waals surface area contributed by atoms with Gasteiger partial charge in [0.15, 0.2) is 0 Å². The molecule has 1 aromatic carbocycles. The van der Waals surface area contributed by atoms with Gasteiger partial charge in [-0.05, 0) is 55.3 Å². The standard InChI is InChI=1S/C23H26N2O5S/c1-29-19-9-7-18(8-10-19)25(23(27)6-4-2-3-5-22(26)24-28)15-20-11-12-21(31-20)17-13-14-30-16-17/h7-14,16,28H,2-6,15H2,1H3,(H,24,26). The molecule has 2 aromatic heterocycles. The molecule has 0 aliphatic rings. The van der Waals surface area contributed by atoms with Crippen molar-refractivity contribution in [3.63, 3.8) is 0 Å². The van der Waals surface area contributed by atoms with E-state index in [0.29, 0.717) is 25.8 Å². The molecule has 0 aliphatic carbocycles. The first kappa shape index (κ1) is 22.6. The molecule has 8 heteroatoms. The Kier molecular flexibility index (Phi) is 8.26. The molecule has 164 valence electrons. The van der Waals surface area contributed by atoms with E-state index in [1.54, 1.807) is 41.4 Å². The highest BCUT2D eigenvalue weighted by Crippen LogP contribution is 2.31. The second kappa shape index (κ2) is 11.3. The van der Waals surface area contributed by atoms with Crippen molar-refractivity contribution in [2.45, 2.75) is 38.6 Å². The lowest BCUT2D eigenvalue weighted by molar-refractivity contribution is -0.129. The Morgan fingerprint density at radius 2 is 1.84 bits per heavy atom. The molecule has 0 unspecified atom stereocenters. The molecule has 2 heterocycles. The summed E-state index contributed by atoms with van der Waals surface area (Å²) >= 11 is 1.63. The smallest absolute Gasteiger partial charge is 0.243 e. The average molecular weight is 443 g/mol. The molecule has 0 bridgehead atoms. The fourth-order valence-electron chi connectivity index (χ4n) is 3.19. The van der Waals surface area contributed by atoms with E-state index >= 15 is 0 Å². The maximum Gasteiger partial charge on any atom is 0.243 e. The predicted molar refractivity (Wildman–Crippen MR) is 119 cm³/mol. The van der Waals surface area contributed by atoms with Crippen molar-refractivity contribution in [1.82, 2.24) is 5.48 Å². The largest absolute Gasteiger partial charge is 0.497 e. The number of nitrogens with zero attached hydrogens (tertiary/aromatic N) is 1. The van der Waals surface area contributed by atoms with Crippen molar-refractivity contribution in [2.75, 3.05) is 12.0 Å². The van der Waals surface area contributed by atoms with Crippen molar-refractivity contribution < 1.29 is 24.0 Å². The summed E-state index contributed by atoms with van der Waals surface area (Å²) in [5.74, 6) is 0.351. The van der Waals surface area contributed by atoms with Crippen LogP contribution in [0.2, 0.25) is 0 Å². The van der Waals surface area contributed by atoms with E-state index in [0.717, 1.165) is 33.2 Å². The summed E-state index contributed by atoms with van der Waals surface area (Å²) in [5, 5.41) is 8.54. The molecule has 2 amide bonds. The normalized spacial score (nSPS) is 10.6. The minimum absolute atomic E-state index is 0.0232. The van der Waals surface area contributed by atoms with Gasteiger partial charge in [0.2, 0.25) is 11.8 Å². The number of rotatable bonds is 11. The van der Waals surface area contributed by atoms with Crippen LogP contribution in [0, 0.1) is 0 Å². The third-order valence-corrected chi connectivity index (χ3v) is 6.00. The monoisotopic (exact) mass is 442 g/mol. The molecule has 3 rings (SSSR count). The van der Waals surface area contributed by atoms with Crippen LogP contribution in [0.25, 0.3) is 10.4 Å². The lowest BCUT2D eigenvalue weighted by atomic mass is 10.1. The van der Waals surface area contributed by atoms with Crippen molar-refractivity contribution in [2.24, 2.45) is 0 Å². The number of hydrogen-bond acceptors (Lipinski definition) is 6. The highest BCUT2D eigenvalue weighted by Gasteiger charge is 2.18. The van der Waals surface area contributed by atoms with Gasteiger partial charge in [-0.3, -0.25) is 14.8 Å². The van der Waals surface area contributed by atoms with E-state index in [-0.39, 0.29) is 12.3 Å². The number of anilines is 1. The molecule has 0 fully saturated rings. The predicted octanol–water partition coefficient (Wildman–Crippen LogP) is 5.01. The molecule has 0 aliphatic heterocycles. The Bertz CT molecular complexity index is 966. The fraction of sp³-hybridized carbons (Fsp3) is 0.304. The van der Waals surface area contributed by atoms with Gasteiger partial charge in [0.1, 0.15) is 5.75 Å². The van der Waals surface area contributed by atoms with Crippen LogP contribution in [0.3, 0.4) is 0 Å². The van der Waals surface area contributed by atoms with E-state index < -0.39 is 5.91 Å². The zero-order valence-electron chi connectivity index (χ0n) is 17.4. The van der Waals surface area contributed by atoms with Crippen LogP contribution in [-0.2, 0) is 16.1 Å². The maximum atomic E-state index is 13.1. The first-order valence-electron chi connectivity index (χ1n) is 10.1. The number of carbonyl (C=O) groups is 2. The number of methoxy groups -OCH3 is 1. The second-order valence-corrected chi connectivity index (χ2v) is 8.22. The van der Waals surface area contributed by atoms with E-state index in [9.17, 15) is 9.59 Å². The number of carbonyl (C=O) groups excluding carboxylic acids is 2. The molecular weight excluding hydrogens is 416 g/mol. The zero-order valence-corrected chi connectivity index (χ0v) is 18.2. The SMILES string of the molecule is COc1ccc(N(Cc2ccc(-c3ccoc3)s2)C(=O)CCCCCC(=O)NO)cc1. The fourth-order valence-corrected chi connectivity index (χ4v) is 4.18.